The maximum Gasteiger partial charge on any atom is 0.234 e. The summed E-state index contributed by atoms with van der Waals surface area (Å²) in [4.78, 5) is 13.9. The highest BCUT2D eigenvalue weighted by Crippen LogP contribution is 2.12. The summed E-state index contributed by atoms with van der Waals surface area (Å²) >= 11 is 0. The van der Waals surface area contributed by atoms with Crippen molar-refractivity contribution in [3.05, 3.63) is 35.4 Å². The minimum absolute atomic E-state index is 0.0373. The van der Waals surface area contributed by atoms with Crippen molar-refractivity contribution in [2.24, 2.45) is 0 Å². The van der Waals surface area contributed by atoms with Crippen molar-refractivity contribution in [3.63, 3.8) is 0 Å². The Morgan fingerprint density at radius 3 is 2.36 bits per heavy atom. The third-order valence-corrected chi connectivity index (χ3v) is 6.81. The van der Waals surface area contributed by atoms with Crippen molar-refractivity contribution in [1.29, 1.82) is 0 Å². The number of carbonyl (C=O) groups is 1. The second-order valence-electron chi connectivity index (χ2n) is 7.00. The number of carbonyl (C=O) groups excluding carboxylic acids is 1. The molecule has 0 unspecified atom stereocenters. The van der Waals surface area contributed by atoms with Gasteiger partial charge in [-0.15, -0.1) is 0 Å². The monoisotopic (exact) mass is 417 g/mol. The lowest BCUT2D eigenvalue weighted by atomic mass is 10.1. The average Bonchev–Trinajstić information content (AvgIpc) is 2.65. The van der Waals surface area contributed by atoms with Crippen LogP contribution in [-0.4, -0.2) is 68.6 Å². The van der Waals surface area contributed by atoms with Gasteiger partial charge in [-0.25, -0.2) is 17.2 Å². The van der Waals surface area contributed by atoms with Crippen LogP contribution in [0, 0.1) is 11.6 Å². The molecular weight excluding hydrogens is 388 g/mol. The van der Waals surface area contributed by atoms with Crippen LogP contribution in [0.1, 0.15) is 31.7 Å². The third kappa shape index (κ3) is 6.79. The van der Waals surface area contributed by atoms with Crippen LogP contribution >= 0.6 is 0 Å². The first-order chi connectivity index (χ1) is 13.3. The lowest BCUT2D eigenvalue weighted by molar-refractivity contribution is -0.122. The molecule has 2 rings (SSSR count). The van der Waals surface area contributed by atoms with Gasteiger partial charge in [-0.3, -0.25) is 9.69 Å². The molecule has 1 aliphatic heterocycles. The Labute approximate surface area is 165 Å². The van der Waals surface area contributed by atoms with E-state index in [1.165, 1.54) is 22.5 Å². The highest BCUT2D eigenvalue weighted by Gasteiger charge is 2.27. The number of amides is 1. The number of hydrogen-bond acceptors (Lipinski definition) is 4. The van der Waals surface area contributed by atoms with E-state index in [0.29, 0.717) is 32.6 Å². The van der Waals surface area contributed by atoms with Gasteiger partial charge in [-0.05, 0) is 25.0 Å². The fourth-order valence-electron chi connectivity index (χ4n) is 3.19. The molecule has 1 saturated heterocycles. The average molecular weight is 418 g/mol. The Morgan fingerprint density at radius 2 is 1.75 bits per heavy atom. The van der Waals surface area contributed by atoms with Gasteiger partial charge >= 0.3 is 0 Å². The number of piperazine rings is 1. The van der Waals surface area contributed by atoms with Crippen molar-refractivity contribution < 1.29 is 22.0 Å². The number of hydrogen-bond donors (Lipinski definition) is 1. The predicted octanol–water partition coefficient (Wildman–Crippen LogP) is 1.76. The Bertz CT molecular complexity index is 731. The molecule has 1 fully saturated rings. The van der Waals surface area contributed by atoms with Gasteiger partial charge in [-0.1, -0.05) is 25.8 Å². The number of halogens is 2. The molecule has 28 heavy (non-hydrogen) atoms. The first kappa shape index (κ1) is 22.7. The molecule has 1 N–H and O–H groups in total. The first-order valence-electron chi connectivity index (χ1n) is 9.73. The minimum atomic E-state index is -3.23. The first-order valence-corrected chi connectivity index (χ1v) is 11.3. The Kier molecular flexibility index (Phi) is 8.78. The van der Waals surface area contributed by atoms with E-state index < -0.39 is 21.7 Å². The van der Waals surface area contributed by atoms with Crippen LogP contribution in [0.2, 0.25) is 0 Å². The maximum atomic E-state index is 13.6. The number of unbranched alkanes of at least 4 members (excludes halogenated alkanes) is 2. The van der Waals surface area contributed by atoms with Crippen LogP contribution in [0.25, 0.3) is 0 Å². The lowest BCUT2D eigenvalue weighted by Gasteiger charge is -2.33. The van der Waals surface area contributed by atoms with E-state index in [9.17, 15) is 22.0 Å². The Morgan fingerprint density at radius 1 is 1.11 bits per heavy atom. The van der Waals surface area contributed by atoms with Crippen molar-refractivity contribution in [2.45, 2.75) is 32.6 Å². The molecule has 0 atom stereocenters. The highest BCUT2D eigenvalue weighted by molar-refractivity contribution is 7.89. The van der Waals surface area contributed by atoms with Crippen molar-refractivity contribution in [3.8, 4) is 0 Å². The summed E-state index contributed by atoms with van der Waals surface area (Å²) in [5, 5.41) is 2.66. The molecule has 1 aromatic rings. The van der Waals surface area contributed by atoms with Crippen LogP contribution in [0.15, 0.2) is 18.2 Å². The zero-order valence-electron chi connectivity index (χ0n) is 16.3. The van der Waals surface area contributed by atoms with Crippen LogP contribution in [-0.2, 0) is 21.2 Å². The van der Waals surface area contributed by atoms with Crippen LogP contribution in [0.4, 0.5) is 8.78 Å². The number of rotatable bonds is 10. The molecule has 0 spiro atoms. The summed E-state index contributed by atoms with van der Waals surface area (Å²) in [6, 6.07) is 3.68. The van der Waals surface area contributed by atoms with Gasteiger partial charge < -0.3 is 5.32 Å². The van der Waals surface area contributed by atoms with Gasteiger partial charge in [0, 0.05) is 38.3 Å². The van der Waals surface area contributed by atoms with E-state index in [-0.39, 0.29) is 36.7 Å². The van der Waals surface area contributed by atoms with E-state index in [4.69, 9.17) is 0 Å². The quantitative estimate of drug-likeness (QED) is 0.589. The number of nitrogens with one attached hydrogen (secondary N) is 1. The molecule has 0 radical (unpaired) electrons. The van der Waals surface area contributed by atoms with E-state index in [1.807, 2.05) is 11.8 Å². The Hall–Kier alpha value is -1.58. The summed E-state index contributed by atoms with van der Waals surface area (Å²) in [5.74, 6) is -1.31. The van der Waals surface area contributed by atoms with Gasteiger partial charge in [0.1, 0.15) is 11.6 Å². The van der Waals surface area contributed by atoms with E-state index in [0.717, 1.165) is 12.8 Å². The molecule has 1 aromatic carbocycles. The van der Waals surface area contributed by atoms with Gasteiger partial charge in [0.2, 0.25) is 15.9 Å². The zero-order valence-corrected chi connectivity index (χ0v) is 17.1. The molecule has 0 aromatic heterocycles. The lowest BCUT2D eigenvalue weighted by Crippen LogP contribution is -2.51. The molecule has 6 nitrogen and oxygen atoms in total. The Balaban J connectivity index is 1.70. The second-order valence-corrected chi connectivity index (χ2v) is 9.09. The molecule has 0 saturated carbocycles. The van der Waals surface area contributed by atoms with Crippen LogP contribution in [0.3, 0.4) is 0 Å². The number of benzene rings is 1. The van der Waals surface area contributed by atoms with E-state index >= 15 is 0 Å². The van der Waals surface area contributed by atoms with Crippen molar-refractivity contribution in [1.82, 2.24) is 14.5 Å². The molecule has 1 aliphatic rings. The molecule has 9 heteroatoms. The fraction of sp³-hybridized carbons (Fsp3) is 0.632. The summed E-state index contributed by atoms with van der Waals surface area (Å²) in [6.07, 6.45) is 2.62. The molecule has 158 valence electrons. The normalized spacial score (nSPS) is 16.2. The standard InChI is InChI=1S/C19H29F2N3O3S/c1-2-3-4-14-28(26,27)24-12-10-23(11-13-24)15-19(25)22-9-8-16-17(20)6-5-7-18(16)21/h5-7H,2-4,8-15H2,1H3,(H,22,25). The molecule has 0 aliphatic carbocycles. The number of sulfonamides is 1. The van der Waals surface area contributed by atoms with E-state index in [1.54, 1.807) is 0 Å². The van der Waals surface area contributed by atoms with Gasteiger partial charge in [0.25, 0.3) is 0 Å². The van der Waals surface area contributed by atoms with Crippen LogP contribution < -0.4 is 5.32 Å². The minimum Gasteiger partial charge on any atom is -0.355 e. The van der Waals surface area contributed by atoms with Gasteiger partial charge in [0.05, 0.1) is 12.3 Å². The summed E-state index contributed by atoms with van der Waals surface area (Å²) in [7, 11) is -3.23. The molecule has 1 amide bonds. The van der Waals surface area contributed by atoms with Crippen molar-refractivity contribution >= 4 is 15.9 Å². The van der Waals surface area contributed by atoms with Gasteiger partial charge in [0.15, 0.2) is 0 Å². The smallest absolute Gasteiger partial charge is 0.234 e. The fourth-order valence-corrected chi connectivity index (χ4v) is 4.73. The third-order valence-electron chi connectivity index (χ3n) is 4.86. The summed E-state index contributed by atoms with van der Waals surface area (Å²) in [5.41, 5.74) is -0.0373. The highest BCUT2D eigenvalue weighted by atomic mass is 32.2. The zero-order chi connectivity index (χ0) is 20.6. The van der Waals surface area contributed by atoms with Gasteiger partial charge in [-0.2, -0.15) is 4.31 Å². The number of nitrogens with zero attached hydrogens (tertiary/aromatic N) is 2. The SMILES string of the molecule is CCCCCS(=O)(=O)N1CCN(CC(=O)NCCc2c(F)cccc2F)CC1. The van der Waals surface area contributed by atoms with Crippen LogP contribution in [0.5, 0.6) is 0 Å². The largest absolute Gasteiger partial charge is 0.355 e. The van der Waals surface area contributed by atoms with E-state index in [2.05, 4.69) is 5.32 Å². The summed E-state index contributed by atoms with van der Waals surface area (Å²) in [6.45, 7) is 4.05. The second kappa shape index (κ2) is 10.8. The molecule has 0 bridgehead atoms. The summed E-state index contributed by atoms with van der Waals surface area (Å²) < 4.78 is 53.2. The molecule has 1 heterocycles. The topological polar surface area (TPSA) is 69.7 Å². The molecular formula is C19H29F2N3O3S. The maximum absolute atomic E-state index is 13.6. The van der Waals surface area contributed by atoms with Crippen molar-refractivity contribution in [2.75, 3.05) is 45.0 Å². The predicted molar refractivity (Wildman–Crippen MR) is 104 cm³/mol.